The Balaban J connectivity index is 1.42. The first kappa shape index (κ1) is 16.3. The van der Waals surface area contributed by atoms with Crippen LogP contribution in [0.2, 0.25) is 0 Å². The molecule has 1 saturated carbocycles. The van der Waals surface area contributed by atoms with Gasteiger partial charge in [-0.1, -0.05) is 31.2 Å². The van der Waals surface area contributed by atoms with Gasteiger partial charge in [0.2, 0.25) is 0 Å². The molecular weight excluding hydrogens is 288 g/mol. The number of nitrogens with one attached hydrogen (secondary N) is 1. The number of ether oxygens (including phenoxy) is 1. The lowest BCUT2D eigenvalue weighted by molar-refractivity contribution is 0.0269. The fourth-order valence-electron chi connectivity index (χ4n) is 3.43. The van der Waals surface area contributed by atoms with E-state index >= 15 is 0 Å². The van der Waals surface area contributed by atoms with Crippen LogP contribution >= 0.6 is 0 Å². The molecule has 3 rings (SSSR count). The van der Waals surface area contributed by atoms with Gasteiger partial charge in [-0.3, -0.25) is 0 Å². The lowest BCUT2D eigenvalue weighted by Crippen LogP contribution is -2.39. The van der Waals surface area contributed by atoms with Crippen LogP contribution in [-0.4, -0.2) is 35.7 Å². The van der Waals surface area contributed by atoms with E-state index in [1.54, 1.807) is 0 Å². The molecule has 23 heavy (non-hydrogen) atoms. The Morgan fingerprint density at radius 1 is 1.17 bits per heavy atom. The molecule has 1 aliphatic heterocycles. The summed E-state index contributed by atoms with van der Waals surface area (Å²) < 4.78 is 5.44. The van der Waals surface area contributed by atoms with Crippen LogP contribution in [0.15, 0.2) is 24.3 Å². The summed E-state index contributed by atoms with van der Waals surface area (Å²) in [6, 6.07) is 9.37. The number of nitrogens with zero attached hydrogens (tertiary/aromatic N) is 1. The van der Waals surface area contributed by atoms with Crippen LogP contribution in [0.25, 0.3) is 0 Å². The molecule has 1 aromatic rings. The molecule has 0 radical (unpaired) electrons. The zero-order valence-electron chi connectivity index (χ0n) is 14.6. The van der Waals surface area contributed by atoms with Crippen molar-refractivity contribution in [3.63, 3.8) is 0 Å². The smallest absolute Gasteiger partial charge is 0.410 e. The molecule has 1 amide bonds. The predicted molar refractivity (Wildman–Crippen MR) is 91.2 cm³/mol. The number of rotatable bonds is 4. The van der Waals surface area contributed by atoms with Crippen LogP contribution < -0.4 is 5.32 Å². The molecule has 1 heterocycles. The molecule has 0 bridgehead atoms. The van der Waals surface area contributed by atoms with Gasteiger partial charge in [0.05, 0.1) is 0 Å². The predicted octanol–water partition coefficient (Wildman–Crippen LogP) is 3.20. The number of carbonyl (C=O) groups excluding carboxylic acids is 1. The van der Waals surface area contributed by atoms with Gasteiger partial charge < -0.3 is 15.0 Å². The van der Waals surface area contributed by atoms with E-state index in [-0.39, 0.29) is 6.09 Å². The molecule has 1 N–H and O–H groups in total. The standard InChI is InChI=1S/C19H28N2O2/c1-5-13-6-8-14(9-7-13)10-20-17-15-11-21(12-16(15)17)18(22)23-19(2,3)4/h6-9,15-17,20H,5,10-12H2,1-4H3. The van der Waals surface area contributed by atoms with Crippen LogP contribution in [0.1, 0.15) is 38.8 Å². The van der Waals surface area contributed by atoms with Crippen molar-refractivity contribution in [3.8, 4) is 0 Å². The quantitative estimate of drug-likeness (QED) is 0.927. The Morgan fingerprint density at radius 2 is 1.74 bits per heavy atom. The van der Waals surface area contributed by atoms with E-state index < -0.39 is 5.60 Å². The van der Waals surface area contributed by atoms with Gasteiger partial charge >= 0.3 is 6.09 Å². The molecule has 2 fully saturated rings. The monoisotopic (exact) mass is 316 g/mol. The molecule has 4 heteroatoms. The Kier molecular flexibility index (Phi) is 4.37. The molecule has 0 spiro atoms. The first-order chi connectivity index (χ1) is 10.9. The van der Waals surface area contributed by atoms with Crippen molar-refractivity contribution in [2.75, 3.05) is 13.1 Å². The number of fused-ring (bicyclic) bond motifs is 1. The van der Waals surface area contributed by atoms with Crippen molar-refractivity contribution in [1.82, 2.24) is 10.2 Å². The normalized spacial score (nSPS) is 26.1. The van der Waals surface area contributed by atoms with Crippen LogP contribution in [-0.2, 0) is 17.7 Å². The Hall–Kier alpha value is -1.55. The van der Waals surface area contributed by atoms with Crippen molar-refractivity contribution in [1.29, 1.82) is 0 Å². The summed E-state index contributed by atoms with van der Waals surface area (Å²) in [4.78, 5) is 13.9. The summed E-state index contributed by atoms with van der Waals surface area (Å²) in [5.41, 5.74) is 2.30. The SMILES string of the molecule is CCc1ccc(CNC2C3CN(C(=O)OC(C)(C)C)CC32)cc1. The highest BCUT2D eigenvalue weighted by Gasteiger charge is 2.56. The molecular formula is C19H28N2O2. The molecule has 2 unspecified atom stereocenters. The fraction of sp³-hybridized carbons (Fsp3) is 0.632. The second kappa shape index (κ2) is 6.16. The average Bonchev–Trinajstić information content (AvgIpc) is 2.93. The molecule has 2 atom stereocenters. The second-order valence-corrected chi connectivity index (χ2v) is 7.79. The number of carbonyl (C=O) groups is 1. The van der Waals surface area contributed by atoms with E-state index in [4.69, 9.17) is 4.74 Å². The van der Waals surface area contributed by atoms with Gasteiger partial charge in [-0.05, 0) is 50.2 Å². The van der Waals surface area contributed by atoms with Crippen molar-refractivity contribution >= 4 is 6.09 Å². The van der Waals surface area contributed by atoms with Gasteiger partial charge in [-0.15, -0.1) is 0 Å². The summed E-state index contributed by atoms with van der Waals surface area (Å²) in [5, 5.41) is 3.64. The lowest BCUT2D eigenvalue weighted by Gasteiger charge is -2.26. The number of likely N-dealkylation sites (tertiary alicyclic amines) is 1. The first-order valence-corrected chi connectivity index (χ1v) is 8.66. The van der Waals surface area contributed by atoms with E-state index in [1.165, 1.54) is 11.1 Å². The summed E-state index contributed by atoms with van der Waals surface area (Å²) in [6.07, 6.45) is 0.916. The Labute approximate surface area is 139 Å². The number of amides is 1. The van der Waals surface area contributed by atoms with Gasteiger partial charge in [0.1, 0.15) is 5.60 Å². The molecule has 4 nitrogen and oxygen atoms in total. The van der Waals surface area contributed by atoms with Crippen molar-refractivity contribution in [3.05, 3.63) is 35.4 Å². The molecule has 2 aliphatic rings. The fourth-order valence-corrected chi connectivity index (χ4v) is 3.43. The maximum atomic E-state index is 12.1. The molecule has 0 aromatic heterocycles. The van der Waals surface area contributed by atoms with Crippen molar-refractivity contribution < 1.29 is 9.53 Å². The van der Waals surface area contributed by atoms with Crippen LogP contribution in [0, 0.1) is 11.8 Å². The topological polar surface area (TPSA) is 41.6 Å². The minimum Gasteiger partial charge on any atom is -0.444 e. The van der Waals surface area contributed by atoms with Gasteiger partial charge in [0, 0.05) is 25.7 Å². The summed E-state index contributed by atoms with van der Waals surface area (Å²) >= 11 is 0. The molecule has 1 aromatic carbocycles. The van der Waals surface area contributed by atoms with Crippen LogP contribution in [0.5, 0.6) is 0 Å². The van der Waals surface area contributed by atoms with E-state index in [0.717, 1.165) is 26.1 Å². The first-order valence-electron chi connectivity index (χ1n) is 8.66. The third kappa shape index (κ3) is 3.86. The third-order valence-electron chi connectivity index (χ3n) is 4.82. The number of hydrogen-bond donors (Lipinski definition) is 1. The summed E-state index contributed by atoms with van der Waals surface area (Å²) in [7, 11) is 0. The van der Waals surface area contributed by atoms with E-state index in [2.05, 4.69) is 36.5 Å². The number of piperidine rings is 1. The highest BCUT2D eigenvalue weighted by atomic mass is 16.6. The summed E-state index contributed by atoms with van der Waals surface area (Å²) in [6.45, 7) is 10.5. The number of benzene rings is 1. The largest absolute Gasteiger partial charge is 0.444 e. The highest BCUT2D eigenvalue weighted by Crippen LogP contribution is 2.45. The average molecular weight is 316 g/mol. The zero-order valence-corrected chi connectivity index (χ0v) is 14.6. The van der Waals surface area contributed by atoms with Gasteiger partial charge in [-0.2, -0.15) is 0 Å². The molecule has 1 aliphatic carbocycles. The van der Waals surface area contributed by atoms with Crippen LogP contribution in [0.3, 0.4) is 0 Å². The van der Waals surface area contributed by atoms with Crippen molar-refractivity contribution in [2.45, 2.75) is 52.3 Å². The van der Waals surface area contributed by atoms with E-state index in [9.17, 15) is 4.79 Å². The maximum absolute atomic E-state index is 12.1. The lowest BCUT2D eigenvalue weighted by atomic mass is 10.1. The zero-order chi connectivity index (χ0) is 16.6. The van der Waals surface area contributed by atoms with Gasteiger partial charge in [0.25, 0.3) is 0 Å². The second-order valence-electron chi connectivity index (χ2n) is 7.79. The summed E-state index contributed by atoms with van der Waals surface area (Å²) in [5.74, 6) is 1.19. The van der Waals surface area contributed by atoms with E-state index in [0.29, 0.717) is 17.9 Å². The Morgan fingerprint density at radius 3 is 2.26 bits per heavy atom. The van der Waals surface area contributed by atoms with Crippen molar-refractivity contribution in [2.24, 2.45) is 11.8 Å². The minimum atomic E-state index is -0.411. The van der Waals surface area contributed by atoms with Gasteiger partial charge in [0.15, 0.2) is 0 Å². The minimum absolute atomic E-state index is 0.168. The Bertz CT molecular complexity index is 550. The van der Waals surface area contributed by atoms with Gasteiger partial charge in [-0.25, -0.2) is 4.79 Å². The maximum Gasteiger partial charge on any atom is 0.410 e. The molecule has 126 valence electrons. The number of aryl methyl sites for hydroxylation is 1. The van der Waals surface area contributed by atoms with Crippen LogP contribution in [0.4, 0.5) is 4.79 Å². The van der Waals surface area contributed by atoms with E-state index in [1.807, 2.05) is 25.7 Å². The number of hydrogen-bond acceptors (Lipinski definition) is 3. The third-order valence-corrected chi connectivity index (χ3v) is 4.82. The highest BCUT2D eigenvalue weighted by molar-refractivity contribution is 5.69. The molecule has 1 saturated heterocycles.